The molecule has 2 aromatic heterocycles. The van der Waals surface area contributed by atoms with Gasteiger partial charge < -0.3 is 15.0 Å². The molecule has 0 aromatic carbocycles. The van der Waals surface area contributed by atoms with Gasteiger partial charge in [-0.25, -0.2) is 0 Å². The van der Waals surface area contributed by atoms with Crippen LogP contribution in [0.25, 0.3) is 10.8 Å². The van der Waals surface area contributed by atoms with Crippen LogP contribution in [0, 0.1) is 0 Å². The molecule has 0 saturated heterocycles. The van der Waals surface area contributed by atoms with Crippen LogP contribution in [-0.2, 0) is 4.74 Å². The Kier molecular flexibility index (Phi) is 3.88. The Morgan fingerprint density at radius 3 is 3.00 bits per heavy atom. The first-order valence-corrected chi connectivity index (χ1v) is 6.29. The molecule has 2 aromatic rings. The van der Waals surface area contributed by atoms with Gasteiger partial charge in [0.15, 0.2) is 5.82 Å². The van der Waals surface area contributed by atoms with Crippen molar-refractivity contribution in [1.29, 1.82) is 0 Å². The molecular weight excluding hydrogens is 238 g/mol. The minimum Gasteiger partial charge on any atom is -0.377 e. The maximum atomic E-state index is 5.90. The van der Waals surface area contributed by atoms with Gasteiger partial charge >= 0.3 is 0 Å². The van der Waals surface area contributed by atoms with E-state index >= 15 is 0 Å². The fourth-order valence-corrected chi connectivity index (χ4v) is 1.90. The van der Waals surface area contributed by atoms with Crippen LogP contribution in [0.4, 0.5) is 0 Å². The standard InChI is InChI=1S/C11H15N3O2S/c1-7(2)15-6-8(12)10-13-11(16-14-10)9-4-3-5-17-9/h3-5,7-8H,6,12H2,1-2H3. The molecule has 0 aliphatic rings. The molecule has 5 nitrogen and oxygen atoms in total. The van der Waals surface area contributed by atoms with Crippen molar-refractivity contribution in [2.75, 3.05) is 6.61 Å². The third kappa shape index (κ3) is 3.12. The molecule has 0 spiro atoms. The second kappa shape index (κ2) is 5.39. The van der Waals surface area contributed by atoms with Crippen molar-refractivity contribution < 1.29 is 9.26 Å². The van der Waals surface area contributed by atoms with Gasteiger partial charge in [0.05, 0.1) is 23.6 Å². The first-order valence-electron chi connectivity index (χ1n) is 5.41. The molecule has 0 aliphatic heterocycles. The van der Waals surface area contributed by atoms with Crippen LogP contribution in [0.2, 0.25) is 0 Å². The van der Waals surface area contributed by atoms with Crippen LogP contribution in [0.15, 0.2) is 22.0 Å². The van der Waals surface area contributed by atoms with Crippen molar-refractivity contribution in [3.8, 4) is 10.8 Å². The number of nitrogens with zero attached hydrogens (tertiary/aromatic N) is 2. The van der Waals surface area contributed by atoms with Crippen LogP contribution in [0.3, 0.4) is 0 Å². The Morgan fingerprint density at radius 2 is 2.35 bits per heavy atom. The number of aromatic nitrogens is 2. The SMILES string of the molecule is CC(C)OCC(N)c1noc(-c2cccs2)n1. The Morgan fingerprint density at radius 1 is 1.53 bits per heavy atom. The minimum absolute atomic E-state index is 0.143. The average Bonchev–Trinajstić information content (AvgIpc) is 2.94. The van der Waals surface area contributed by atoms with Gasteiger partial charge in [0.2, 0.25) is 0 Å². The predicted molar refractivity (Wildman–Crippen MR) is 65.6 cm³/mol. The summed E-state index contributed by atoms with van der Waals surface area (Å²) in [6, 6.07) is 3.51. The lowest BCUT2D eigenvalue weighted by Crippen LogP contribution is -2.20. The molecule has 2 heterocycles. The monoisotopic (exact) mass is 253 g/mol. The molecule has 1 atom stereocenters. The molecule has 0 aliphatic carbocycles. The van der Waals surface area contributed by atoms with Crippen molar-refractivity contribution in [3.05, 3.63) is 23.3 Å². The Bertz CT molecular complexity index is 453. The van der Waals surface area contributed by atoms with Crippen LogP contribution < -0.4 is 5.73 Å². The summed E-state index contributed by atoms with van der Waals surface area (Å²) in [6.45, 7) is 4.31. The summed E-state index contributed by atoms with van der Waals surface area (Å²) in [4.78, 5) is 5.20. The van der Waals surface area contributed by atoms with Gasteiger partial charge in [0.1, 0.15) is 0 Å². The molecule has 0 fully saturated rings. The molecule has 0 amide bonds. The summed E-state index contributed by atoms with van der Waals surface area (Å²) in [5.41, 5.74) is 5.90. The topological polar surface area (TPSA) is 74.2 Å². The summed E-state index contributed by atoms with van der Waals surface area (Å²) in [7, 11) is 0. The lowest BCUT2D eigenvalue weighted by atomic mass is 10.3. The van der Waals surface area contributed by atoms with Gasteiger partial charge in [-0.15, -0.1) is 11.3 Å². The predicted octanol–water partition coefficient (Wildman–Crippen LogP) is 2.22. The highest BCUT2D eigenvalue weighted by atomic mass is 32.1. The molecule has 2 rings (SSSR count). The lowest BCUT2D eigenvalue weighted by Gasteiger charge is -2.10. The smallest absolute Gasteiger partial charge is 0.268 e. The second-order valence-electron chi connectivity index (χ2n) is 3.92. The van der Waals surface area contributed by atoms with Crippen LogP contribution >= 0.6 is 11.3 Å². The van der Waals surface area contributed by atoms with Gasteiger partial charge in [-0.05, 0) is 25.3 Å². The van der Waals surface area contributed by atoms with E-state index < -0.39 is 0 Å². The molecule has 0 saturated carbocycles. The summed E-state index contributed by atoms with van der Waals surface area (Å²) in [5, 5.41) is 5.82. The summed E-state index contributed by atoms with van der Waals surface area (Å²) in [6.07, 6.45) is 0.143. The van der Waals surface area contributed by atoms with Crippen LogP contribution in [0.1, 0.15) is 25.7 Å². The highest BCUT2D eigenvalue weighted by Gasteiger charge is 2.16. The number of nitrogens with two attached hydrogens (primary N) is 1. The van der Waals surface area contributed by atoms with E-state index in [0.29, 0.717) is 18.3 Å². The molecule has 17 heavy (non-hydrogen) atoms. The number of thiophene rings is 1. The van der Waals surface area contributed by atoms with E-state index in [1.807, 2.05) is 31.4 Å². The normalized spacial score (nSPS) is 13.2. The van der Waals surface area contributed by atoms with E-state index in [0.717, 1.165) is 4.88 Å². The zero-order valence-corrected chi connectivity index (χ0v) is 10.6. The number of hydrogen-bond donors (Lipinski definition) is 1. The Labute approximate surface area is 104 Å². The van der Waals surface area contributed by atoms with E-state index in [4.69, 9.17) is 15.0 Å². The van der Waals surface area contributed by atoms with E-state index in [9.17, 15) is 0 Å². The third-order valence-electron chi connectivity index (χ3n) is 2.11. The molecule has 6 heteroatoms. The average molecular weight is 253 g/mol. The Hall–Kier alpha value is -1.24. The van der Waals surface area contributed by atoms with Crippen molar-refractivity contribution in [2.45, 2.75) is 26.0 Å². The number of hydrogen-bond acceptors (Lipinski definition) is 6. The molecule has 1 unspecified atom stereocenters. The Balaban J connectivity index is 2.03. The molecule has 2 N–H and O–H groups in total. The molecule has 0 radical (unpaired) electrons. The zero-order chi connectivity index (χ0) is 12.3. The summed E-state index contributed by atoms with van der Waals surface area (Å²) >= 11 is 1.55. The molecular formula is C11H15N3O2S. The van der Waals surface area contributed by atoms with E-state index in [2.05, 4.69) is 10.1 Å². The van der Waals surface area contributed by atoms with Gasteiger partial charge in [-0.3, -0.25) is 0 Å². The molecule has 0 bridgehead atoms. The quantitative estimate of drug-likeness (QED) is 0.884. The van der Waals surface area contributed by atoms with Crippen molar-refractivity contribution in [1.82, 2.24) is 10.1 Å². The van der Waals surface area contributed by atoms with Gasteiger partial charge in [-0.2, -0.15) is 4.98 Å². The highest BCUT2D eigenvalue weighted by molar-refractivity contribution is 7.13. The first-order chi connectivity index (χ1) is 8.16. The fraction of sp³-hybridized carbons (Fsp3) is 0.455. The van der Waals surface area contributed by atoms with Gasteiger partial charge in [0.25, 0.3) is 5.89 Å². The van der Waals surface area contributed by atoms with E-state index in [-0.39, 0.29) is 12.1 Å². The highest BCUT2D eigenvalue weighted by Crippen LogP contribution is 2.23. The first kappa shape index (κ1) is 12.2. The van der Waals surface area contributed by atoms with Crippen LogP contribution in [-0.4, -0.2) is 22.9 Å². The summed E-state index contributed by atoms with van der Waals surface area (Å²) in [5.74, 6) is 0.990. The fourth-order valence-electron chi connectivity index (χ4n) is 1.26. The van der Waals surface area contributed by atoms with Crippen molar-refractivity contribution in [3.63, 3.8) is 0 Å². The van der Waals surface area contributed by atoms with Gasteiger partial charge in [-0.1, -0.05) is 11.2 Å². The number of ether oxygens (including phenoxy) is 1. The lowest BCUT2D eigenvalue weighted by molar-refractivity contribution is 0.0665. The third-order valence-corrected chi connectivity index (χ3v) is 2.97. The van der Waals surface area contributed by atoms with Gasteiger partial charge in [0, 0.05) is 0 Å². The maximum Gasteiger partial charge on any atom is 0.268 e. The van der Waals surface area contributed by atoms with Crippen molar-refractivity contribution >= 4 is 11.3 Å². The van der Waals surface area contributed by atoms with Crippen LogP contribution in [0.5, 0.6) is 0 Å². The molecule has 92 valence electrons. The number of rotatable bonds is 5. The van der Waals surface area contributed by atoms with E-state index in [1.165, 1.54) is 0 Å². The maximum absolute atomic E-state index is 5.90. The summed E-state index contributed by atoms with van der Waals surface area (Å²) < 4.78 is 10.6. The second-order valence-corrected chi connectivity index (χ2v) is 4.87. The van der Waals surface area contributed by atoms with E-state index in [1.54, 1.807) is 11.3 Å². The zero-order valence-electron chi connectivity index (χ0n) is 9.79. The van der Waals surface area contributed by atoms with Crippen molar-refractivity contribution in [2.24, 2.45) is 5.73 Å². The minimum atomic E-state index is -0.352. The largest absolute Gasteiger partial charge is 0.377 e.